The Balaban J connectivity index is 1.63. The van der Waals surface area contributed by atoms with Crippen LogP contribution >= 0.6 is 0 Å². The predicted octanol–water partition coefficient (Wildman–Crippen LogP) is 1.56. The molecule has 0 aliphatic carbocycles. The van der Waals surface area contributed by atoms with Crippen molar-refractivity contribution < 1.29 is 14.7 Å². The second-order valence-corrected chi connectivity index (χ2v) is 4.14. The molecule has 0 N–H and O–H groups in total. The molecule has 3 rings (SSSR count). The van der Waals surface area contributed by atoms with Crippen molar-refractivity contribution in [3.8, 4) is 0 Å². The lowest BCUT2D eigenvalue weighted by Crippen LogP contribution is -2.19. The molecule has 0 aliphatic heterocycles. The van der Waals surface area contributed by atoms with Crippen molar-refractivity contribution in [3.05, 3.63) is 60.2 Å². The van der Waals surface area contributed by atoms with Gasteiger partial charge in [0.15, 0.2) is 0 Å². The molecule has 6 heteroatoms. The lowest BCUT2D eigenvalue weighted by molar-refractivity contribution is -0.276. The molecular weight excluding hydrogens is 258 g/mol. The number of hydrogen-bond donors (Lipinski definition) is 0. The fourth-order valence-electron chi connectivity index (χ4n) is 1.77. The first kappa shape index (κ1) is 12.2. The van der Waals surface area contributed by atoms with Crippen molar-refractivity contribution in [2.75, 3.05) is 0 Å². The van der Waals surface area contributed by atoms with Gasteiger partial charge in [0.2, 0.25) is 0 Å². The highest BCUT2D eigenvalue weighted by Gasteiger charge is 2.09. The van der Waals surface area contributed by atoms with Gasteiger partial charge in [-0.2, -0.15) is 4.99 Å². The smallest absolute Gasteiger partial charge is 0.247 e. The van der Waals surface area contributed by atoms with Crippen LogP contribution in [0.2, 0.25) is 0 Å². The van der Waals surface area contributed by atoms with Crippen LogP contribution in [0.3, 0.4) is 0 Å². The number of rotatable bonds is 4. The number of aromatic nitrogens is 3. The van der Waals surface area contributed by atoms with Crippen LogP contribution < -0.4 is 4.99 Å². The SMILES string of the molecule is O=C(Cc1ccccc1)OOn1nnc2ccccc21. The zero-order valence-corrected chi connectivity index (χ0v) is 10.5. The molecule has 1 heterocycles. The monoisotopic (exact) mass is 269 g/mol. The average molecular weight is 269 g/mol. The average Bonchev–Trinajstić information content (AvgIpc) is 2.89. The van der Waals surface area contributed by atoms with Crippen molar-refractivity contribution in [3.63, 3.8) is 0 Å². The number of benzene rings is 2. The van der Waals surface area contributed by atoms with Crippen LogP contribution in [-0.2, 0) is 16.1 Å². The molecule has 0 atom stereocenters. The molecule has 3 aromatic rings. The molecule has 2 aromatic carbocycles. The highest BCUT2D eigenvalue weighted by Crippen LogP contribution is 2.08. The highest BCUT2D eigenvalue weighted by atomic mass is 17.3. The van der Waals surface area contributed by atoms with E-state index < -0.39 is 5.97 Å². The van der Waals surface area contributed by atoms with Gasteiger partial charge in [-0.1, -0.05) is 42.5 Å². The molecule has 0 fully saturated rings. The zero-order chi connectivity index (χ0) is 13.8. The topological polar surface area (TPSA) is 66.2 Å². The maximum Gasteiger partial charge on any atom is 0.362 e. The Morgan fingerprint density at radius 3 is 2.65 bits per heavy atom. The standard InChI is InChI=1S/C14H11N3O3/c18-14(10-11-6-2-1-3-7-11)19-20-17-13-9-5-4-8-12(13)15-16-17/h1-9H,10H2. The van der Waals surface area contributed by atoms with Gasteiger partial charge < -0.3 is 0 Å². The lowest BCUT2D eigenvalue weighted by atomic mass is 10.2. The zero-order valence-electron chi connectivity index (χ0n) is 10.5. The predicted molar refractivity (Wildman–Crippen MR) is 70.3 cm³/mol. The molecule has 6 nitrogen and oxygen atoms in total. The third-order valence-electron chi connectivity index (χ3n) is 2.71. The van der Waals surface area contributed by atoms with Crippen LogP contribution in [-0.4, -0.2) is 21.1 Å². The van der Waals surface area contributed by atoms with E-state index in [0.717, 1.165) is 10.4 Å². The molecule has 0 amide bonds. The van der Waals surface area contributed by atoms with E-state index in [1.165, 1.54) is 0 Å². The first-order chi connectivity index (χ1) is 9.83. The Morgan fingerprint density at radius 1 is 1.05 bits per heavy atom. The molecule has 0 unspecified atom stereocenters. The summed E-state index contributed by atoms with van der Waals surface area (Å²) in [5.41, 5.74) is 2.14. The van der Waals surface area contributed by atoms with Crippen molar-refractivity contribution in [1.29, 1.82) is 0 Å². The summed E-state index contributed by atoms with van der Waals surface area (Å²) in [5, 5.41) is 7.62. The van der Waals surface area contributed by atoms with E-state index in [4.69, 9.17) is 9.88 Å². The van der Waals surface area contributed by atoms with Crippen molar-refractivity contribution in [1.82, 2.24) is 15.2 Å². The fraction of sp³-hybridized carbons (Fsp3) is 0.0714. The van der Waals surface area contributed by atoms with E-state index in [-0.39, 0.29) is 6.42 Å². The van der Waals surface area contributed by atoms with E-state index in [0.29, 0.717) is 11.0 Å². The highest BCUT2D eigenvalue weighted by molar-refractivity contribution is 5.74. The minimum absolute atomic E-state index is 0.132. The van der Waals surface area contributed by atoms with Gasteiger partial charge in [-0.15, -0.1) is 5.10 Å². The number of carbonyl (C=O) groups is 1. The first-order valence-electron chi connectivity index (χ1n) is 6.05. The summed E-state index contributed by atoms with van der Waals surface area (Å²) < 4.78 is 0. The second-order valence-electron chi connectivity index (χ2n) is 4.14. The Bertz CT molecular complexity index is 725. The lowest BCUT2D eigenvalue weighted by Gasteiger charge is -2.03. The largest absolute Gasteiger partial charge is 0.362 e. The van der Waals surface area contributed by atoms with E-state index in [2.05, 4.69) is 10.3 Å². The number of fused-ring (bicyclic) bond motifs is 1. The van der Waals surface area contributed by atoms with Gasteiger partial charge in [-0.05, 0) is 27.8 Å². The fourth-order valence-corrected chi connectivity index (χ4v) is 1.77. The Labute approximate surface area is 114 Å². The van der Waals surface area contributed by atoms with Crippen molar-refractivity contribution in [2.24, 2.45) is 0 Å². The van der Waals surface area contributed by atoms with Gasteiger partial charge in [0.05, 0.1) is 6.42 Å². The summed E-state index contributed by atoms with van der Waals surface area (Å²) >= 11 is 0. The van der Waals surface area contributed by atoms with Crippen LogP contribution in [0.5, 0.6) is 0 Å². The molecule has 0 radical (unpaired) electrons. The molecule has 1 aromatic heterocycles. The normalized spacial score (nSPS) is 10.4. The summed E-state index contributed by atoms with van der Waals surface area (Å²) in [4.78, 5) is 22.3. The summed E-state index contributed by atoms with van der Waals surface area (Å²) in [5.74, 6) is -0.504. The summed E-state index contributed by atoms with van der Waals surface area (Å²) in [6.07, 6.45) is 0.132. The molecule has 0 aliphatic rings. The second kappa shape index (κ2) is 5.40. The molecule has 0 saturated heterocycles. The Kier molecular flexibility index (Phi) is 3.28. The Hall–Kier alpha value is -2.89. The number of carbonyl (C=O) groups excluding carboxylic acids is 1. The summed E-state index contributed by atoms with van der Waals surface area (Å²) in [6.45, 7) is 0. The minimum atomic E-state index is -0.504. The van der Waals surface area contributed by atoms with E-state index in [9.17, 15) is 4.79 Å². The number of nitrogens with zero attached hydrogens (tertiary/aromatic N) is 3. The molecular formula is C14H11N3O3. The van der Waals surface area contributed by atoms with Gasteiger partial charge in [0.1, 0.15) is 11.0 Å². The summed E-state index contributed by atoms with van der Waals surface area (Å²) in [7, 11) is 0. The molecule has 0 spiro atoms. The number of para-hydroxylation sites is 1. The van der Waals surface area contributed by atoms with Gasteiger partial charge in [-0.25, -0.2) is 9.68 Å². The molecule has 20 heavy (non-hydrogen) atoms. The van der Waals surface area contributed by atoms with Gasteiger partial charge in [0, 0.05) is 0 Å². The summed E-state index contributed by atoms with van der Waals surface area (Å²) in [6, 6.07) is 16.5. The van der Waals surface area contributed by atoms with Gasteiger partial charge in [0.25, 0.3) is 0 Å². The third-order valence-corrected chi connectivity index (χ3v) is 2.71. The molecule has 0 bridgehead atoms. The van der Waals surface area contributed by atoms with Gasteiger partial charge in [-0.3, -0.25) is 0 Å². The Morgan fingerprint density at radius 2 is 1.80 bits per heavy atom. The molecule has 100 valence electrons. The first-order valence-corrected chi connectivity index (χ1v) is 6.05. The van der Waals surface area contributed by atoms with Crippen LogP contribution in [0.15, 0.2) is 54.6 Å². The van der Waals surface area contributed by atoms with Crippen molar-refractivity contribution >= 4 is 17.0 Å². The maximum atomic E-state index is 11.6. The van der Waals surface area contributed by atoms with Crippen LogP contribution in [0.25, 0.3) is 11.0 Å². The molecule has 0 saturated carbocycles. The van der Waals surface area contributed by atoms with E-state index in [1.54, 1.807) is 12.1 Å². The van der Waals surface area contributed by atoms with Crippen molar-refractivity contribution in [2.45, 2.75) is 6.42 Å². The third kappa shape index (κ3) is 2.59. The van der Waals surface area contributed by atoms with E-state index in [1.807, 2.05) is 42.5 Å². The van der Waals surface area contributed by atoms with E-state index >= 15 is 0 Å². The number of hydrogen-bond acceptors (Lipinski definition) is 5. The minimum Gasteiger partial charge on any atom is -0.247 e. The quantitative estimate of drug-likeness (QED) is 0.531. The van der Waals surface area contributed by atoms with Crippen LogP contribution in [0, 0.1) is 0 Å². The van der Waals surface area contributed by atoms with Crippen LogP contribution in [0.4, 0.5) is 0 Å². The maximum absolute atomic E-state index is 11.6. The van der Waals surface area contributed by atoms with Crippen LogP contribution in [0.1, 0.15) is 5.56 Å². The van der Waals surface area contributed by atoms with Gasteiger partial charge >= 0.3 is 5.97 Å².